The van der Waals surface area contributed by atoms with E-state index in [4.69, 9.17) is 14.2 Å². The van der Waals surface area contributed by atoms with Crippen LogP contribution in [0.25, 0.3) is 0 Å². The van der Waals surface area contributed by atoms with E-state index < -0.39 is 11.6 Å². The first-order valence-electron chi connectivity index (χ1n) is 8.37. The summed E-state index contributed by atoms with van der Waals surface area (Å²) >= 11 is 0. The normalized spacial score (nSPS) is 15.8. The molecule has 6 nitrogen and oxygen atoms in total. The van der Waals surface area contributed by atoms with Crippen LogP contribution in [0.5, 0.6) is 5.75 Å². The lowest BCUT2D eigenvalue weighted by Gasteiger charge is -2.27. The lowest BCUT2D eigenvalue weighted by Crippen LogP contribution is -2.43. The molecule has 1 fully saturated rings. The molecule has 0 atom stereocenters. The van der Waals surface area contributed by atoms with Crippen LogP contribution in [-0.4, -0.2) is 37.8 Å². The highest BCUT2D eigenvalue weighted by atomic mass is 16.5. The van der Waals surface area contributed by atoms with Gasteiger partial charge in [0.05, 0.1) is 13.7 Å². The molecule has 2 rings (SSSR count). The van der Waals surface area contributed by atoms with E-state index in [1.54, 1.807) is 18.2 Å². The maximum Gasteiger partial charge on any atom is 0.341 e. The number of methoxy groups -OCH3 is 1. The maximum atomic E-state index is 12.7. The summed E-state index contributed by atoms with van der Waals surface area (Å²) in [5, 5.41) is 2.87. The van der Waals surface area contributed by atoms with Crippen molar-refractivity contribution in [1.82, 2.24) is 0 Å². The zero-order chi connectivity index (χ0) is 17.6. The highest BCUT2D eigenvalue weighted by molar-refractivity contribution is 5.99. The van der Waals surface area contributed by atoms with Gasteiger partial charge in [-0.1, -0.05) is 0 Å². The van der Waals surface area contributed by atoms with Crippen LogP contribution < -0.4 is 10.1 Å². The van der Waals surface area contributed by atoms with Crippen molar-refractivity contribution >= 4 is 17.6 Å². The second kappa shape index (κ2) is 8.15. The number of ether oxygens (including phenoxy) is 3. The highest BCUT2D eigenvalue weighted by Crippen LogP contribution is 2.35. The van der Waals surface area contributed by atoms with Gasteiger partial charge in [-0.2, -0.15) is 0 Å². The van der Waals surface area contributed by atoms with Crippen molar-refractivity contribution in [2.24, 2.45) is 0 Å². The topological polar surface area (TPSA) is 73.9 Å². The van der Waals surface area contributed by atoms with Crippen molar-refractivity contribution < 1.29 is 23.8 Å². The number of carbonyl (C=O) groups is 2. The maximum absolute atomic E-state index is 12.7. The van der Waals surface area contributed by atoms with Crippen molar-refractivity contribution in [3.8, 4) is 5.75 Å². The number of hydrogen-bond acceptors (Lipinski definition) is 5. The zero-order valence-electron chi connectivity index (χ0n) is 14.5. The zero-order valence-corrected chi connectivity index (χ0v) is 14.5. The Morgan fingerprint density at radius 3 is 2.46 bits per heavy atom. The molecule has 1 aromatic carbocycles. The Morgan fingerprint density at radius 2 is 1.88 bits per heavy atom. The molecular weight excluding hydrogens is 310 g/mol. The fourth-order valence-corrected chi connectivity index (χ4v) is 3.06. The minimum atomic E-state index is -0.765. The molecule has 0 heterocycles. The van der Waals surface area contributed by atoms with Gasteiger partial charge in [0.1, 0.15) is 16.9 Å². The van der Waals surface area contributed by atoms with Crippen LogP contribution in [0.2, 0.25) is 0 Å². The van der Waals surface area contributed by atoms with Gasteiger partial charge in [-0.3, -0.25) is 4.79 Å². The molecular formula is C18H25NO5. The number of nitrogens with one attached hydrogen (secondary N) is 1. The van der Waals surface area contributed by atoms with Crippen molar-refractivity contribution in [1.29, 1.82) is 0 Å². The molecule has 1 aliphatic rings. The molecule has 0 spiro atoms. The smallest absolute Gasteiger partial charge is 0.341 e. The van der Waals surface area contributed by atoms with E-state index >= 15 is 0 Å². The number of esters is 1. The van der Waals surface area contributed by atoms with Crippen molar-refractivity contribution in [2.75, 3.05) is 25.6 Å². The Kier molecular flexibility index (Phi) is 6.20. The number of benzene rings is 1. The average molecular weight is 335 g/mol. The number of carbonyl (C=O) groups excluding carboxylic acids is 2. The summed E-state index contributed by atoms with van der Waals surface area (Å²) in [4.78, 5) is 24.6. The minimum absolute atomic E-state index is 0.165. The summed E-state index contributed by atoms with van der Waals surface area (Å²) in [7, 11) is 1.31. The van der Waals surface area contributed by atoms with Crippen molar-refractivity contribution in [2.45, 2.75) is 45.1 Å². The molecule has 24 heavy (non-hydrogen) atoms. The van der Waals surface area contributed by atoms with E-state index in [1.807, 2.05) is 13.8 Å². The summed E-state index contributed by atoms with van der Waals surface area (Å²) < 4.78 is 16.0. The lowest BCUT2D eigenvalue weighted by molar-refractivity contribution is -0.140. The van der Waals surface area contributed by atoms with Gasteiger partial charge in [0.25, 0.3) is 5.91 Å². The monoisotopic (exact) mass is 335 g/mol. The summed E-state index contributed by atoms with van der Waals surface area (Å²) in [6.45, 7) is 4.65. The predicted octanol–water partition coefficient (Wildman–Crippen LogP) is 3.16. The van der Waals surface area contributed by atoms with Crippen LogP contribution in [-0.2, 0) is 14.3 Å². The van der Waals surface area contributed by atoms with Gasteiger partial charge in [-0.25, -0.2) is 4.79 Å². The third-order valence-corrected chi connectivity index (χ3v) is 4.19. The first kappa shape index (κ1) is 18.3. The summed E-state index contributed by atoms with van der Waals surface area (Å²) in [6.07, 6.45) is 3.38. The van der Waals surface area contributed by atoms with Crippen molar-refractivity contribution in [3.05, 3.63) is 23.8 Å². The van der Waals surface area contributed by atoms with E-state index in [2.05, 4.69) is 5.32 Å². The standard InChI is InChI=1S/C18H25NO5/c1-4-23-15-9-8-13(12-14(15)16(20)22-3)19-17(21)18(24-5-2)10-6-7-11-18/h8-9,12H,4-7,10-11H2,1-3H3,(H,19,21). The predicted molar refractivity (Wildman–Crippen MR) is 90.4 cm³/mol. The van der Waals surface area contributed by atoms with E-state index in [0.717, 1.165) is 12.8 Å². The highest BCUT2D eigenvalue weighted by Gasteiger charge is 2.42. The van der Waals surface area contributed by atoms with E-state index in [9.17, 15) is 9.59 Å². The molecule has 0 aromatic heterocycles. The van der Waals surface area contributed by atoms with Gasteiger partial charge in [-0.05, 0) is 57.7 Å². The third kappa shape index (κ3) is 3.87. The molecule has 1 aromatic rings. The van der Waals surface area contributed by atoms with Gasteiger partial charge in [0, 0.05) is 12.3 Å². The quantitative estimate of drug-likeness (QED) is 0.775. The molecule has 132 valence electrons. The minimum Gasteiger partial charge on any atom is -0.493 e. The van der Waals surface area contributed by atoms with E-state index in [1.165, 1.54) is 7.11 Å². The molecule has 1 N–H and O–H groups in total. The molecule has 0 saturated heterocycles. The molecule has 1 aliphatic carbocycles. The first-order valence-corrected chi connectivity index (χ1v) is 8.37. The molecule has 1 saturated carbocycles. The van der Waals surface area contributed by atoms with Crippen LogP contribution in [0.3, 0.4) is 0 Å². The summed E-state index contributed by atoms with van der Waals surface area (Å²) in [5.41, 5.74) is 0.0440. The van der Waals surface area contributed by atoms with Gasteiger partial charge in [-0.15, -0.1) is 0 Å². The van der Waals surface area contributed by atoms with Gasteiger partial charge < -0.3 is 19.5 Å². The Hall–Kier alpha value is -2.08. The average Bonchev–Trinajstić information content (AvgIpc) is 3.06. The molecule has 0 aliphatic heterocycles. The number of rotatable bonds is 7. The number of anilines is 1. The number of amides is 1. The molecule has 6 heteroatoms. The Balaban J connectivity index is 2.22. The SMILES string of the molecule is CCOc1ccc(NC(=O)C2(OCC)CCCC2)cc1C(=O)OC. The largest absolute Gasteiger partial charge is 0.493 e. The number of hydrogen-bond donors (Lipinski definition) is 1. The van der Waals surface area contributed by atoms with Crippen LogP contribution >= 0.6 is 0 Å². The van der Waals surface area contributed by atoms with Crippen LogP contribution in [0.1, 0.15) is 49.9 Å². The van der Waals surface area contributed by atoms with Gasteiger partial charge in [0.2, 0.25) is 0 Å². The summed E-state index contributed by atoms with van der Waals surface area (Å²) in [6, 6.07) is 4.95. The third-order valence-electron chi connectivity index (χ3n) is 4.19. The summed E-state index contributed by atoms with van der Waals surface area (Å²) in [5.74, 6) is -0.237. The van der Waals surface area contributed by atoms with E-state index in [-0.39, 0.29) is 11.5 Å². The second-order valence-corrected chi connectivity index (χ2v) is 5.72. The Morgan fingerprint density at radius 1 is 1.17 bits per heavy atom. The van der Waals surface area contributed by atoms with Gasteiger partial charge >= 0.3 is 5.97 Å². The van der Waals surface area contributed by atoms with Crippen LogP contribution in [0.4, 0.5) is 5.69 Å². The Labute approximate surface area is 142 Å². The van der Waals surface area contributed by atoms with Gasteiger partial charge in [0.15, 0.2) is 0 Å². The molecule has 1 amide bonds. The fourth-order valence-electron chi connectivity index (χ4n) is 3.06. The van der Waals surface area contributed by atoms with E-state index in [0.29, 0.717) is 37.5 Å². The molecule has 0 radical (unpaired) electrons. The van der Waals surface area contributed by atoms with Crippen LogP contribution in [0.15, 0.2) is 18.2 Å². The first-order chi connectivity index (χ1) is 11.6. The fraction of sp³-hybridized carbons (Fsp3) is 0.556. The van der Waals surface area contributed by atoms with Crippen LogP contribution in [0, 0.1) is 0 Å². The Bertz CT molecular complexity index is 593. The lowest BCUT2D eigenvalue weighted by atomic mass is 10.0. The van der Waals surface area contributed by atoms with Crippen molar-refractivity contribution in [3.63, 3.8) is 0 Å². The molecule has 0 unspecified atom stereocenters. The second-order valence-electron chi connectivity index (χ2n) is 5.72. The molecule has 0 bridgehead atoms.